The Kier molecular flexibility index (Phi) is 6.30. The molecule has 0 atom stereocenters. The van der Waals surface area contributed by atoms with Crippen LogP contribution in [0, 0.1) is 23.0 Å². The maximum Gasteiger partial charge on any atom is 0.185 e. The number of ketones is 1. The van der Waals surface area contributed by atoms with Crippen LogP contribution in [0.15, 0.2) is 47.5 Å². The van der Waals surface area contributed by atoms with E-state index < -0.39 is 11.6 Å². The number of Topliss-reactive ketones (excluding diaryl/α,β-unsaturated/α-hetero) is 1. The van der Waals surface area contributed by atoms with E-state index in [4.69, 9.17) is 23.2 Å². The van der Waals surface area contributed by atoms with E-state index in [1.807, 2.05) is 0 Å². The topological polar surface area (TPSA) is 17.1 Å². The van der Waals surface area contributed by atoms with Crippen LogP contribution in [-0.2, 0) is 4.79 Å². The lowest BCUT2D eigenvalue weighted by Crippen LogP contribution is -2.29. The number of hydrogen-bond donors (Lipinski definition) is 0. The Balaban J connectivity index is 2.12. The van der Waals surface area contributed by atoms with Gasteiger partial charge in [-0.25, -0.2) is 8.78 Å². The molecule has 1 aliphatic rings. The fraction of sp³-hybridized carbons (Fsp3) is 0.292. The molecule has 1 nitrogen and oxygen atoms in total. The first-order valence-electron chi connectivity index (χ1n) is 9.42. The molecule has 1 saturated carbocycles. The first-order valence-corrected chi connectivity index (χ1v) is 10.2. The van der Waals surface area contributed by atoms with Gasteiger partial charge in [0.25, 0.3) is 0 Å². The number of hydrogen-bond acceptors (Lipinski definition) is 1. The van der Waals surface area contributed by atoms with E-state index in [1.54, 1.807) is 12.1 Å². The predicted molar refractivity (Wildman–Crippen MR) is 116 cm³/mol. The third-order valence-corrected chi connectivity index (χ3v) is 6.04. The smallest absolute Gasteiger partial charge is 0.185 e. The number of allylic oxidation sites excluding steroid dienone is 2. The summed E-state index contributed by atoms with van der Waals surface area (Å²) in [5.74, 6) is -1.09. The Morgan fingerprint density at radius 2 is 1.28 bits per heavy atom. The highest BCUT2D eigenvalue weighted by Crippen LogP contribution is 2.42. The summed E-state index contributed by atoms with van der Waals surface area (Å²) in [4.78, 5) is 13.2. The molecule has 2 aromatic carbocycles. The van der Waals surface area contributed by atoms with Crippen LogP contribution in [-0.4, -0.2) is 5.78 Å². The van der Waals surface area contributed by atoms with Crippen LogP contribution in [0.2, 0.25) is 10.0 Å². The second-order valence-corrected chi connectivity index (χ2v) is 9.22. The van der Waals surface area contributed by atoms with Gasteiger partial charge in [-0.3, -0.25) is 4.79 Å². The van der Waals surface area contributed by atoms with Crippen molar-refractivity contribution in [3.05, 3.63) is 80.4 Å². The Bertz CT molecular complexity index is 902. The van der Waals surface area contributed by atoms with E-state index in [1.165, 1.54) is 36.4 Å². The van der Waals surface area contributed by atoms with Gasteiger partial charge in [0.05, 0.1) is 10.0 Å². The van der Waals surface area contributed by atoms with Crippen molar-refractivity contribution in [2.45, 2.75) is 33.6 Å². The maximum atomic E-state index is 14.3. The summed E-state index contributed by atoms with van der Waals surface area (Å²) in [7, 11) is 0. The number of carbonyl (C=O) groups excluding carboxylic acids is 1. The van der Waals surface area contributed by atoms with E-state index in [0.717, 1.165) is 0 Å². The van der Waals surface area contributed by atoms with Crippen LogP contribution in [0.5, 0.6) is 0 Å². The van der Waals surface area contributed by atoms with E-state index in [0.29, 0.717) is 24.0 Å². The van der Waals surface area contributed by atoms with Gasteiger partial charge in [-0.2, -0.15) is 0 Å². The number of carbonyl (C=O) groups is 1. The minimum atomic E-state index is -0.488. The molecule has 0 amide bonds. The highest BCUT2D eigenvalue weighted by atomic mass is 35.5. The maximum absolute atomic E-state index is 14.3. The van der Waals surface area contributed by atoms with Crippen molar-refractivity contribution in [3.8, 4) is 0 Å². The van der Waals surface area contributed by atoms with E-state index >= 15 is 0 Å². The minimum absolute atomic E-state index is 0.100. The Labute approximate surface area is 180 Å². The van der Waals surface area contributed by atoms with Crippen molar-refractivity contribution in [2.75, 3.05) is 0 Å². The predicted octanol–water partition coefficient (Wildman–Crippen LogP) is 7.76. The molecule has 0 radical (unpaired) electrons. The van der Waals surface area contributed by atoms with Crippen LogP contribution in [0.25, 0.3) is 12.2 Å². The molecule has 1 fully saturated rings. The van der Waals surface area contributed by atoms with Gasteiger partial charge in [0, 0.05) is 22.3 Å². The second-order valence-electron chi connectivity index (χ2n) is 8.41. The van der Waals surface area contributed by atoms with Crippen LogP contribution in [0.3, 0.4) is 0 Å². The molecule has 29 heavy (non-hydrogen) atoms. The van der Waals surface area contributed by atoms with E-state index in [9.17, 15) is 13.6 Å². The monoisotopic (exact) mass is 434 g/mol. The zero-order valence-electron chi connectivity index (χ0n) is 16.5. The molecule has 0 unspecified atom stereocenters. The van der Waals surface area contributed by atoms with Crippen molar-refractivity contribution in [1.82, 2.24) is 0 Å². The van der Waals surface area contributed by atoms with Crippen LogP contribution >= 0.6 is 23.2 Å². The van der Waals surface area contributed by atoms with Crippen molar-refractivity contribution in [1.29, 1.82) is 0 Å². The molecule has 0 heterocycles. The third kappa shape index (κ3) is 4.79. The molecule has 0 aromatic heterocycles. The first kappa shape index (κ1) is 21.7. The normalized spacial score (nSPS) is 20.5. The summed E-state index contributed by atoms with van der Waals surface area (Å²) in [6.07, 6.45) is 4.04. The van der Waals surface area contributed by atoms with Gasteiger partial charge in [-0.15, -0.1) is 0 Å². The molecule has 0 saturated heterocycles. The SMILES string of the molecule is CC(C)(C)C1C/C(=C\c2c(F)cccc2Cl)C(=O)/C(=C/c2c(F)cccc2Cl)C1. The van der Waals surface area contributed by atoms with Crippen LogP contribution < -0.4 is 0 Å². The molecule has 1 aliphatic carbocycles. The molecule has 0 N–H and O–H groups in total. The lowest BCUT2D eigenvalue weighted by atomic mass is 9.68. The molecule has 0 aliphatic heterocycles. The van der Waals surface area contributed by atoms with E-state index in [2.05, 4.69) is 20.8 Å². The van der Waals surface area contributed by atoms with E-state index in [-0.39, 0.29) is 38.3 Å². The van der Waals surface area contributed by atoms with Gasteiger partial charge in [0.2, 0.25) is 0 Å². The Morgan fingerprint density at radius 1 is 0.862 bits per heavy atom. The molecule has 2 aromatic rings. The largest absolute Gasteiger partial charge is 0.289 e. The standard InChI is InChI=1S/C24H22Cl2F2O/c1-24(2,3)16-10-14(12-17-19(25)6-4-8-21(17)27)23(29)15(11-16)13-18-20(26)7-5-9-22(18)28/h4-9,12-13,16H,10-11H2,1-3H3/b14-12+,15-13+. The van der Waals surface area contributed by atoms with Crippen LogP contribution in [0.4, 0.5) is 8.78 Å². The lowest BCUT2D eigenvalue weighted by Gasteiger charge is -2.35. The van der Waals surface area contributed by atoms with Gasteiger partial charge in [0.1, 0.15) is 11.6 Å². The number of benzene rings is 2. The molecule has 0 spiro atoms. The van der Waals surface area contributed by atoms with Gasteiger partial charge in [-0.1, -0.05) is 56.1 Å². The van der Waals surface area contributed by atoms with Gasteiger partial charge in [-0.05, 0) is 60.6 Å². The minimum Gasteiger partial charge on any atom is -0.289 e. The Morgan fingerprint density at radius 3 is 1.62 bits per heavy atom. The fourth-order valence-corrected chi connectivity index (χ4v) is 3.94. The summed E-state index contributed by atoms with van der Waals surface area (Å²) < 4.78 is 28.6. The zero-order chi connectivity index (χ0) is 21.3. The zero-order valence-corrected chi connectivity index (χ0v) is 18.0. The molecule has 152 valence electrons. The lowest BCUT2D eigenvalue weighted by molar-refractivity contribution is -0.113. The van der Waals surface area contributed by atoms with Gasteiger partial charge < -0.3 is 0 Å². The summed E-state index contributed by atoms with van der Waals surface area (Å²) in [5, 5.41) is 0.483. The van der Waals surface area contributed by atoms with Crippen molar-refractivity contribution in [2.24, 2.45) is 11.3 Å². The fourth-order valence-electron chi connectivity index (χ4n) is 3.50. The number of rotatable bonds is 2. The Hall–Kier alpha value is -1.97. The third-order valence-electron chi connectivity index (χ3n) is 5.38. The molecular weight excluding hydrogens is 413 g/mol. The summed E-state index contributed by atoms with van der Waals surface area (Å²) in [5.41, 5.74) is 1.20. The number of halogens is 4. The highest BCUT2D eigenvalue weighted by Gasteiger charge is 2.35. The van der Waals surface area contributed by atoms with Gasteiger partial charge in [0.15, 0.2) is 5.78 Å². The van der Waals surface area contributed by atoms with Crippen molar-refractivity contribution in [3.63, 3.8) is 0 Å². The van der Waals surface area contributed by atoms with Gasteiger partial charge >= 0.3 is 0 Å². The van der Waals surface area contributed by atoms with Crippen LogP contribution in [0.1, 0.15) is 44.7 Å². The summed E-state index contributed by atoms with van der Waals surface area (Å²) >= 11 is 12.3. The van der Waals surface area contributed by atoms with Crippen molar-refractivity contribution >= 4 is 41.1 Å². The summed E-state index contributed by atoms with van der Waals surface area (Å²) in [6.45, 7) is 6.28. The average molecular weight is 435 g/mol. The second kappa shape index (κ2) is 8.41. The molecule has 5 heteroatoms. The molecular formula is C24H22Cl2F2O. The van der Waals surface area contributed by atoms with Crippen molar-refractivity contribution < 1.29 is 13.6 Å². The quantitative estimate of drug-likeness (QED) is 0.441. The average Bonchev–Trinajstić information content (AvgIpc) is 2.63. The molecule has 0 bridgehead atoms. The summed E-state index contributed by atoms with van der Waals surface area (Å²) in [6, 6.07) is 8.83. The highest BCUT2D eigenvalue weighted by molar-refractivity contribution is 6.33. The first-order chi connectivity index (χ1) is 13.6. The molecule has 3 rings (SSSR count).